The van der Waals surface area contributed by atoms with Gasteiger partial charge < -0.3 is 24.3 Å². The van der Waals surface area contributed by atoms with Gasteiger partial charge in [-0.25, -0.2) is 0 Å². The Morgan fingerprint density at radius 1 is 0.878 bits per heavy atom. The first-order chi connectivity index (χ1) is 20.1. The molecule has 2 heterocycles. The molecule has 7 heteroatoms. The molecule has 0 saturated carbocycles. The maximum absolute atomic E-state index is 12.9. The molecule has 2 atom stereocenters. The number of benzene rings is 1. The van der Waals surface area contributed by atoms with Gasteiger partial charge in [0.1, 0.15) is 25.1 Å². The van der Waals surface area contributed by atoms with Crippen LogP contribution >= 0.6 is 0 Å². The van der Waals surface area contributed by atoms with Gasteiger partial charge in [0.25, 0.3) is 0 Å². The zero-order valence-corrected chi connectivity index (χ0v) is 25.6. The number of amides is 1. The van der Waals surface area contributed by atoms with Crippen LogP contribution in [0.25, 0.3) is 0 Å². The average Bonchev–Trinajstić information content (AvgIpc) is 3.49. The van der Waals surface area contributed by atoms with Crippen molar-refractivity contribution >= 4 is 5.91 Å². The number of nitrogens with zero attached hydrogens (tertiary/aromatic N) is 1. The van der Waals surface area contributed by atoms with Crippen LogP contribution in [0.5, 0.6) is 11.5 Å². The van der Waals surface area contributed by atoms with E-state index in [2.05, 4.69) is 17.1 Å². The molecule has 0 bridgehead atoms. The van der Waals surface area contributed by atoms with Crippen molar-refractivity contribution in [2.24, 2.45) is 0 Å². The van der Waals surface area contributed by atoms with Gasteiger partial charge in [-0.15, -0.1) is 0 Å². The lowest BCUT2D eigenvalue weighted by Gasteiger charge is -2.29. The van der Waals surface area contributed by atoms with Crippen LogP contribution < -0.4 is 14.8 Å². The summed E-state index contributed by atoms with van der Waals surface area (Å²) >= 11 is 0. The Bertz CT molecular complexity index is 964. The lowest BCUT2D eigenvalue weighted by Crippen LogP contribution is -2.46. The molecule has 0 radical (unpaired) electrons. The van der Waals surface area contributed by atoms with Crippen molar-refractivity contribution in [2.75, 3.05) is 26.8 Å². The van der Waals surface area contributed by atoms with E-state index in [0.29, 0.717) is 49.8 Å². The normalized spacial score (nSPS) is 14.2. The van der Waals surface area contributed by atoms with Crippen LogP contribution in [0.4, 0.5) is 0 Å². The standard InChI is InChI=1S/C34H54N2O5/c1-3-4-5-6-7-8-9-10-11-12-13-14-15-16-19-33(37)35-30(27-36(2)26-29-18-17-22-39-29)34(38)28-20-21-31-32(25-28)41-24-23-40-31/h17-18,20-22,25,30,34,38H,3-16,19,23-24,26-27H2,1-2H3,(H,35,37)/t30-,34-/m1/s1. The van der Waals surface area contributed by atoms with E-state index < -0.39 is 12.1 Å². The molecular formula is C34H54N2O5. The summed E-state index contributed by atoms with van der Waals surface area (Å²) in [4.78, 5) is 15.0. The van der Waals surface area contributed by atoms with E-state index in [1.54, 1.807) is 6.26 Å². The van der Waals surface area contributed by atoms with Crippen LogP contribution in [-0.2, 0) is 11.3 Å². The molecule has 1 aliphatic rings. The smallest absolute Gasteiger partial charge is 0.220 e. The highest BCUT2D eigenvalue weighted by molar-refractivity contribution is 5.76. The maximum Gasteiger partial charge on any atom is 0.220 e. The van der Waals surface area contributed by atoms with Crippen molar-refractivity contribution in [1.29, 1.82) is 0 Å². The quantitative estimate of drug-likeness (QED) is 0.142. The summed E-state index contributed by atoms with van der Waals surface area (Å²) < 4.78 is 16.8. The molecule has 1 aromatic carbocycles. The number of aliphatic hydroxyl groups excluding tert-OH is 1. The van der Waals surface area contributed by atoms with E-state index in [-0.39, 0.29) is 5.91 Å². The Hall–Kier alpha value is -2.51. The van der Waals surface area contributed by atoms with Crippen molar-refractivity contribution < 1.29 is 23.8 Å². The third-order valence-corrected chi connectivity index (χ3v) is 7.91. The molecule has 0 unspecified atom stereocenters. The van der Waals surface area contributed by atoms with Gasteiger partial charge in [0.15, 0.2) is 11.5 Å². The van der Waals surface area contributed by atoms with Gasteiger partial charge in [-0.1, -0.05) is 96.5 Å². The Balaban J connectivity index is 1.37. The van der Waals surface area contributed by atoms with Gasteiger partial charge in [-0.3, -0.25) is 9.69 Å². The number of aliphatic hydroxyl groups is 1. The fourth-order valence-electron chi connectivity index (χ4n) is 5.53. The number of unbranched alkanes of at least 4 members (excludes halogenated alkanes) is 13. The Labute approximate surface area is 248 Å². The minimum atomic E-state index is -0.884. The predicted octanol–water partition coefficient (Wildman–Crippen LogP) is 7.57. The fourth-order valence-corrected chi connectivity index (χ4v) is 5.53. The molecule has 0 spiro atoms. The highest BCUT2D eigenvalue weighted by Gasteiger charge is 2.26. The number of ether oxygens (including phenoxy) is 2. The molecule has 3 rings (SSSR count). The molecule has 0 saturated heterocycles. The molecule has 230 valence electrons. The minimum absolute atomic E-state index is 0.0167. The summed E-state index contributed by atoms with van der Waals surface area (Å²) in [5.74, 6) is 2.13. The van der Waals surface area contributed by atoms with Crippen molar-refractivity contribution in [1.82, 2.24) is 10.2 Å². The number of carbonyl (C=O) groups excluding carboxylic acids is 1. The molecule has 0 fully saturated rings. The Morgan fingerprint density at radius 3 is 2.10 bits per heavy atom. The summed E-state index contributed by atoms with van der Waals surface area (Å²) in [5, 5.41) is 14.5. The van der Waals surface area contributed by atoms with Gasteiger partial charge in [-0.05, 0) is 43.3 Å². The fraction of sp³-hybridized carbons (Fsp3) is 0.676. The molecule has 7 nitrogen and oxygen atoms in total. The van der Waals surface area contributed by atoms with Crippen LogP contribution in [-0.4, -0.2) is 48.8 Å². The second kappa shape index (κ2) is 19.6. The first-order valence-electron chi connectivity index (χ1n) is 16.1. The van der Waals surface area contributed by atoms with Crippen LogP contribution in [0.2, 0.25) is 0 Å². The summed E-state index contributed by atoms with van der Waals surface area (Å²) in [6, 6.07) is 8.81. The van der Waals surface area contributed by atoms with Crippen molar-refractivity contribution in [3.63, 3.8) is 0 Å². The van der Waals surface area contributed by atoms with Crippen molar-refractivity contribution in [3.8, 4) is 11.5 Å². The third-order valence-electron chi connectivity index (χ3n) is 7.91. The lowest BCUT2D eigenvalue weighted by atomic mass is 10.00. The van der Waals surface area contributed by atoms with Crippen LogP contribution in [0.15, 0.2) is 41.0 Å². The van der Waals surface area contributed by atoms with Crippen molar-refractivity contribution in [3.05, 3.63) is 47.9 Å². The van der Waals surface area contributed by atoms with E-state index in [1.165, 1.54) is 77.0 Å². The van der Waals surface area contributed by atoms with E-state index in [1.807, 2.05) is 37.4 Å². The monoisotopic (exact) mass is 570 g/mol. The first-order valence-corrected chi connectivity index (χ1v) is 16.1. The molecule has 2 N–H and O–H groups in total. The van der Waals surface area contributed by atoms with Gasteiger partial charge in [0.2, 0.25) is 5.91 Å². The molecule has 1 aromatic heterocycles. The summed E-state index contributed by atoms with van der Waals surface area (Å²) in [7, 11) is 1.96. The summed E-state index contributed by atoms with van der Waals surface area (Å²) in [6.45, 7) is 4.33. The first kappa shape index (κ1) is 33.0. The number of nitrogens with one attached hydrogen (secondary N) is 1. The maximum atomic E-state index is 12.9. The predicted molar refractivity (Wildman–Crippen MR) is 164 cm³/mol. The van der Waals surface area contributed by atoms with E-state index >= 15 is 0 Å². The third kappa shape index (κ3) is 12.9. The van der Waals surface area contributed by atoms with Gasteiger partial charge in [0, 0.05) is 13.0 Å². The van der Waals surface area contributed by atoms with Crippen LogP contribution in [0.3, 0.4) is 0 Å². The second-order valence-electron chi connectivity index (χ2n) is 11.6. The van der Waals surface area contributed by atoms with E-state index in [9.17, 15) is 9.90 Å². The molecule has 41 heavy (non-hydrogen) atoms. The number of hydrogen-bond donors (Lipinski definition) is 2. The number of carbonyl (C=O) groups is 1. The average molecular weight is 571 g/mol. The van der Waals surface area contributed by atoms with Crippen molar-refractivity contribution in [2.45, 2.75) is 122 Å². The molecule has 1 amide bonds. The van der Waals surface area contributed by atoms with Crippen LogP contribution in [0.1, 0.15) is 121 Å². The Kier molecular flexibility index (Phi) is 15.8. The van der Waals surface area contributed by atoms with E-state index in [4.69, 9.17) is 13.9 Å². The number of rotatable bonds is 22. The SMILES string of the molecule is CCCCCCCCCCCCCCCCC(=O)N[C@H](CN(C)Cc1ccco1)[C@H](O)c1ccc2c(c1)OCCO2. The van der Waals surface area contributed by atoms with Gasteiger partial charge in [0.05, 0.1) is 18.8 Å². The van der Waals surface area contributed by atoms with Gasteiger partial charge >= 0.3 is 0 Å². The second-order valence-corrected chi connectivity index (χ2v) is 11.6. The topological polar surface area (TPSA) is 84.2 Å². The number of furan rings is 1. The van der Waals surface area contributed by atoms with Crippen LogP contribution in [0, 0.1) is 0 Å². The zero-order chi connectivity index (χ0) is 29.1. The zero-order valence-electron chi connectivity index (χ0n) is 25.6. The summed E-state index contributed by atoms with van der Waals surface area (Å²) in [6.07, 6.45) is 19.3. The summed E-state index contributed by atoms with van der Waals surface area (Å²) in [5.41, 5.74) is 0.697. The Morgan fingerprint density at radius 2 is 1.49 bits per heavy atom. The highest BCUT2D eigenvalue weighted by atomic mass is 16.6. The molecule has 1 aliphatic heterocycles. The largest absolute Gasteiger partial charge is 0.486 e. The highest BCUT2D eigenvalue weighted by Crippen LogP contribution is 2.33. The number of likely N-dealkylation sites (N-methyl/N-ethyl adjacent to an activating group) is 1. The van der Waals surface area contributed by atoms with Gasteiger partial charge in [-0.2, -0.15) is 0 Å². The molecular weight excluding hydrogens is 516 g/mol. The number of hydrogen-bond acceptors (Lipinski definition) is 6. The lowest BCUT2D eigenvalue weighted by molar-refractivity contribution is -0.123. The van der Waals surface area contributed by atoms with E-state index in [0.717, 1.165) is 18.6 Å². The minimum Gasteiger partial charge on any atom is -0.486 e. The number of fused-ring (bicyclic) bond motifs is 1. The molecule has 2 aromatic rings. The molecule has 0 aliphatic carbocycles.